The molecule has 0 aromatic carbocycles. The van der Waals surface area contributed by atoms with Gasteiger partial charge in [-0.05, 0) is 13.3 Å². The molecule has 0 spiro atoms. The molecule has 3 N–H and O–H groups in total. The molecule has 0 aromatic heterocycles. The highest BCUT2D eigenvalue weighted by Crippen LogP contribution is 1.96. The van der Waals surface area contributed by atoms with Crippen LogP contribution in [0.5, 0.6) is 0 Å². The van der Waals surface area contributed by atoms with E-state index in [9.17, 15) is 4.79 Å². The minimum Gasteiger partial charge on any atom is -0.478 e. The first kappa shape index (κ1) is 14.4. The van der Waals surface area contributed by atoms with E-state index in [1.54, 1.807) is 19.1 Å². The lowest BCUT2D eigenvalue weighted by molar-refractivity contribution is -0.132. The molecule has 0 unspecified atom stereocenters. The van der Waals surface area contributed by atoms with E-state index in [1.165, 1.54) is 0 Å². The molecule has 0 fully saturated rings. The van der Waals surface area contributed by atoms with Crippen molar-refractivity contribution in [2.45, 2.75) is 26.7 Å². The Morgan fingerprint density at radius 2 is 2.08 bits per heavy atom. The quantitative estimate of drug-likeness (QED) is 0.519. The molecule has 0 saturated heterocycles. The highest BCUT2D eigenvalue weighted by atomic mass is 16.4. The van der Waals surface area contributed by atoms with E-state index in [2.05, 4.69) is 6.58 Å². The van der Waals surface area contributed by atoms with Gasteiger partial charge >= 0.3 is 5.97 Å². The van der Waals surface area contributed by atoms with E-state index in [4.69, 9.17) is 10.8 Å². The number of carbonyl (C=O) groups is 1. The first-order valence-corrected chi connectivity index (χ1v) is 4.31. The highest BCUT2D eigenvalue weighted by Gasteiger charge is 1.95. The maximum atomic E-state index is 10.1. The summed E-state index contributed by atoms with van der Waals surface area (Å²) in [5.41, 5.74) is 5.35. The second kappa shape index (κ2) is 10.9. The smallest absolute Gasteiger partial charge is 0.330 e. The largest absolute Gasteiger partial charge is 0.478 e. The van der Waals surface area contributed by atoms with Gasteiger partial charge < -0.3 is 10.8 Å². The Labute approximate surface area is 79.9 Å². The molecule has 0 aliphatic rings. The fourth-order valence-corrected chi connectivity index (χ4v) is 0.448. The number of unbranched alkanes of at least 4 members (excludes halogenated alkanes) is 1. The molecule has 0 amide bonds. The Morgan fingerprint density at radius 3 is 2.31 bits per heavy atom. The molecule has 0 atom stereocenters. The van der Waals surface area contributed by atoms with E-state index < -0.39 is 5.97 Å². The van der Waals surface area contributed by atoms with Crippen LogP contribution in [0.3, 0.4) is 0 Å². The van der Waals surface area contributed by atoms with Gasteiger partial charge in [0.15, 0.2) is 0 Å². The van der Waals surface area contributed by atoms with Gasteiger partial charge in [-0.3, -0.25) is 0 Å². The summed E-state index contributed by atoms with van der Waals surface area (Å²) in [5.74, 6) is -0.816. The molecule has 3 heteroatoms. The number of nitrogens with two attached hydrogens (primary N) is 1. The second-order valence-electron chi connectivity index (χ2n) is 2.51. The topological polar surface area (TPSA) is 63.3 Å². The van der Waals surface area contributed by atoms with Gasteiger partial charge in [0.05, 0.1) is 0 Å². The molecular weight excluding hydrogens is 166 g/mol. The summed E-state index contributed by atoms with van der Waals surface area (Å²) < 4.78 is 0. The molecular formula is C10H19NO2. The molecule has 0 heterocycles. The Hall–Kier alpha value is -1.09. The second-order valence-corrected chi connectivity index (χ2v) is 2.51. The van der Waals surface area contributed by atoms with Gasteiger partial charge in [0.25, 0.3) is 0 Å². The minimum absolute atomic E-state index is 0.442. The van der Waals surface area contributed by atoms with Gasteiger partial charge in [0.2, 0.25) is 0 Å². The van der Waals surface area contributed by atoms with Crippen LogP contribution in [-0.2, 0) is 4.79 Å². The number of allylic oxidation sites excluding steroid dienone is 1. The summed E-state index contributed by atoms with van der Waals surface area (Å²) in [6.45, 7) is 7.57. The average molecular weight is 185 g/mol. The summed E-state index contributed by atoms with van der Waals surface area (Å²) >= 11 is 0. The normalized spacial score (nSPS) is 9.92. The molecule has 0 aliphatic heterocycles. The molecule has 0 bridgehead atoms. The van der Waals surface area contributed by atoms with E-state index in [0.29, 0.717) is 12.1 Å². The van der Waals surface area contributed by atoms with Crippen molar-refractivity contribution in [3.8, 4) is 0 Å². The van der Waals surface area contributed by atoms with Crippen LogP contribution in [0, 0.1) is 0 Å². The zero-order valence-electron chi connectivity index (χ0n) is 8.42. The lowest BCUT2D eigenvalue weighted by atomic mass is 10.2. The van der Waals surface area contributed by atoms with Crippen LogP contribution in [0.2, 0.25) is 0 Å². The molecule has 0 saturated carbocycles. The fourth-order valence-electron chi connectivity index (χ4n) is 0.448. The first-order valence-electron chi connectivity index (χ1n) is 4.31. The number of carboxylic acids is 1. The van der Waals surface area contributed by atoms with Crippen molar-refractivity contribution in [1.29, 1.82) is 0 Å². The van der Waals surface area contributed by atoms with Crippen molar-refractivity contribution in [3.63, 3.8) is 0 Å². The Balaban J connectivity index is 0. The molecule has 0 aliphatic carbocycles. The predicted molar refractivity (Wildman–Crippen MR) is 55.6 cm³/mol. The summed E-state index contributed by atoms with van der Waals surface area (Å²) in [5, 5.41) is 8.34. The van der Waals surface area contributed by atoms with Crippen LogP contribution >= 0.6 is 0 Å². The lowest BCUT2D eigenvalue weighted by Gasteiger charge is -1.89. The summed E-state index contributed by atoms with van der Waals surface area (Å²) in [6.07, 6.45) is 5.26. The van der Waals surface area contributed by atoms with Crippen LogP contribution < -0.4 is 5.73 Å². The summed E-state index contributed by atoms with van der Waals surface area (Å²) in [6, 6.07) is 0. The SMILES string of the molecule is C=CCN.CCCC=C(C)C(=O)O. The van der Waals surface area contributed by atoms with Crippen molar-refractivity contribution < 1.29 is 9.90 Å². The number of rotatable bonds is 4. The minimum atomic E-state index is -0.816. The van der Waals surface area contributed by atoms with Gasteiger partial charge in [0.1, 0.15) is 0 Å². The first-order chi connectivity index (χ1) is 6.09. The molecule has 0 radical (unpaired) electrons. The van der Waals surface area contributed by atoms with Crippen LogP contribution in [0.1, 0.15) is 26.7 Å². The average Bonchev–Trinajstić information content (AvgIpc) is 2.14. The zero-order valence-corrected chi connectivity index (χ0v) is 8.42. The maximum Gasteiger partial charge on any atom is 0.330 e. The fraction of sp³-hybridized carbons (Fsp3) is 0.500. The van der Waals surface area contributed by atoms with E-state index in [1.807, 2.05) is 6.92 Å². The lowest BCUT2D eigenvalue weighted by Crippen LogP contribution is -1.95. The molecule has 13 heavy (non-hydrogen) atoms. The predicted octanol–water partition coefficient (Wildman–Crippen LogP) is 1.95. The van der Waals surface area contributed by atoms with Gasteiger partial charge in [-0.15, -0.1) is 6.58 Å². The zero-order chi connectivity index (χ0) is 10.7. The monoisotopic (exact) mass is 185 g/mol. The molecule has 0 aromatic rings. The number of carboxylic acid groups (broad SMARTS) is 1. The Bertz CT molecular complexity index is 174. The van der Waals surface area contributed by atoms with E-state index >= 15 is 0 Å². The van der Waals surface area contributed by atoms with Crippen molar-refractivity contribution in [1.82, 2.24) is 0 Å². The number of hydrogen-bond acceptors (Lipinski definition) is 2. The van der Waals surface area contributed by atoms with Crippen molar-refractivity contribution in [2.24, 2.45) is 5.73 Å². The third-order valence-electron chi connectivity index (χ3n) is 1.24. The maximum absolute atomic E-state index is 10.1. The van der Waals surface area contributed by atoms with Crippen LogP contribution in [0.4, 0.5) is 0 Å². The summed E-state index contributed by atoms with van der Waals surface area (Å²) in [7, 11) is 0. The summed E-state index contributed by atoms with van der Waals surface area (Å²) in [4.78, 5) is 10.1. The van der Waals surface area contributed by atoms with Crippen molar-refractivity contribution >= 4 is 5.97 Å². The Morgan fingerprint density at radius 1 is 1.62 bits per heavy atom. The third kappa shape index (κ3) is 13.8. The van der Waals surface area contributed by atoms with Crippen molar-refractivity contribution in [3.05, 3.63) is 24.3 Å². The van der Waals surface area contributed by atoms with Crippen molar-refractivity contribution in [2.75, 3.05) is 6.54 Å². The molecule has 0 rings (SSSR count). The number of aliphatic carboxylic acids is 1. The Kier molecular flexibility index (Phi) is 12.1. The highest BCUT2D eigenvalue weighted by molar-refractivity contribution is 5.85. The van der Waals surface area contributed by atoms with Gasteiger partial charge in [-0.1, -0.05) is 25.5 Å². The third-order valence-corrected chi connectivity index (χ3v) is 1.24. The molecule has 76 valence electrons. The van der Waals surface area contributed by atoms with Gasteiger partial charge in [-0.25, -0.2) is 4.79 Å². The van der Waals surface area contributed by atoms with Gasteiger partial charge in [-0.2, -0.15) is 0 Å². The van der Waals surface area contributed by atoms with Crippen LogP contribution in [0.15, 0.2) is 24.3 Å². The van der Waals surface area contributed by atoms with Gasteiger partial charge in [0, 0.05) is 12.1 Å². The molecule has 3 nitrogen and oxygen atoms in total. The van der Waals surface area contributed by atoms with Crippen LogP contribution in [0.25, 0.3) is 0 Å². The van der Waals surface area contributed by atoms with E-state index in [-0.39, 0.29) is 0 Å². The number of hydrogen-bond donors (Lipinski definition) is 2. The van der Waals surface area contributed by atoms with E-state index in [0.717, 1.165) is 12.8 Å². The standard InChI is InChI=1S/C7H12O2.C3H7N/c1-3-4-5-6(2)7(8)9;1-2-3-4/h5H,3-4H2,1-2H3,(H,8,9);2H,1,3-4H2. The van der Waals surface area contributed by atoms with Crippen LogP contribution in [-0.4, -0.2) is 17.6 Å².